The first-order valence-electron chi connectivity index (χ1n) is 5.38. The van der Waals surface area contributed by atoms with E-state index in [0.29, 0.717) is 5.92 Å². The van der Waals surface area contributed by atoms with E-state index in [-0.39, 0.29) is 6.10 Å². The van der Waals surface area contributed by atoms with Crippen molar-refractivity contribution in [2.24, 2.45) is 0 Å². The summed E-state index contributed by atoms with van der Waals surface area (Å²) >= 11 is 0. The number of hydrogen-bond acceptors (Lipinski definition) is 1. The van der Waals surface area contributed by atoms with Gasteiger partial charge in [0.15, 0.2) is 0 Å². The predicted molar refractivity (Wildman–Crippen MR) is 60.5 cm³/mol. The standard InChI is InChI=1S/C13H20O/c1-4-12(14)9-11(3)13-8-6-5-7-10(13)2/h5-8,11-12,14H,4,9H2,1-3H3. The molecule has 0 spiro atoms. The maximum absolute atomic E-state index is 9.58. The van der Waals surface area contributed by atoms with Crippen LogP contribution >= 0.6 is 0 Å². The Morgan fingerprint density at radius 1 is 1.29 bits per heavy atom. The molecule has 2 atom stereocenters. The van der Waals surface area contributed by atoms with E-state index in [1.165, 1.54) is 11.1 Å². The summed E-state index contributed by atoms with van der Waals surface area (Å²) < 4.78 is 0. The van der Waals surface area contributed by atoms with E-state index in [0.717, 1.165) is 12.8 Å². The van der Waals surface area contributed by atoms with Gasteiger partial charge in [-0.2, -0.15) is 0 Å². The Morgan fingerprint density at radius 2 is 1.93 bits per heavy atom. The predicted octanol–water partition coefficient (Wildman–Crippen LogP) is 3.26. The second-order valence-corrected chi connectivity index (χ2v) is 4.06. The number of rotatable bonds is 4. The van der Waals surface area contributed by atoms with E-state index in [4.69, 9.17) is 0 Å². The minimum atomic E-state index is -0.162. The van der Waals surface area contributed by atoms with Crippen molar-refractivity contribution in [1.29, 1.82) is 0 Å². The van der Waals surface area contributed by atoms with Crippen LogP contribution in [0.15, 0.2) is 24.3 Å². The summed E-state index contributed by atoms with van der Waals surface area (Å²) in [5.41, 5.74) is 2.68. The average molecular weight is 192 g/mol. The van der Waals surface area contributed by atoms with Gasteiger partial charge in [0, 0.05) is 0 Å². The molecule has 14 heavy (non-hydrogen) atoms. The highest BCUT2D eigenvalue weighted by Gasteiger charge is 2.11. The van der Waals surface area contributed by atoms with Gasteiger partial charge in [-0.1, -0.05) is 38.1 Å². The Bertz CT molecular complexity index is 280. The van der Waals surface area contributed by atoms with E-state index >= 15 is 0 Å². The van der Waals surface area contributed by atoms with Crippen LogP contribution in [0.5, 0.6) is 0 Å². The second-order valence-electron chi connectivity index (χ2n) is 4.06. The van der Waals surface area contributed by atoms with Gasteiger partial charge in [0.1, 0.15) is 0 Å². The van der Waals surface area contributed by atoms with Crippen LogP contribution in [0, 0.1) is 6.92 Å². The SMILES string of the molecule is CCC(O)CC(C)c1ccccc1C. The minimum Gasteiger partial charge on any atom is -0.393 e. The zero-order valence-corrected chi connectivity index (χ0v) is 9.33. The van der Waals surface area contributed by atoms with Crippen molar-refractivity contribution < 1.29 is 5.11 Å². The minimum absolute atomic E-state index is 0.162. The largest absolute Gasteiger partial charge is 0.393 e. The monoisotopic (exact) mass is 192 g/mol. The molecule has 1 rings (SSSR count). The Morgan fingerprint density at radius 3 is 2.50 bits per heavy atom. The van der Waals surface area contributed by atoms with Gasteiger partial charge in [0.05, 0.1) is 6.10 Å². The lowest BCUT2D eigenvalue weighted by molar-refractivity contribution is 0.153. The van der Waals surface area contributed by atoms with Crippen molar-refractivity contribution in [3.8, 4) is 0 Å². The van der Waals surface area contributed by atoms with Crippen LogP contribution in [0.3, 0.4) is 0 Å². The topological polar surface area (TPSA) is 20.2 Å². The number of hydrogen-bond donors (Lipinski definition) is 1. The summed E-state index contributed by atoms with van der Waals surface area (Å²) in [5.74, 6) is 0.450. The first-order chi connectivity index (χ1) is 6.65. The van der Waals surface area contributed by atoms with E-state index in [1.807, 2.05) is 6.92 Å². The number of aliphatic hydroxyl groups excluding tert-OH is 1. The molecule has 1 N–H and O–H groups in total. The van der Waals surface area contributed by atoms with Crippen LogP contribution in [0.4, 0.5) is 0 Å². The van der Waals surface area contributed by atoms with Crippen molar-refractivity contribution >= 4 is 0 Å². The Kier molecular flexibility index (Phi) is 4.15. The molecule has 0 saturated carbocycles. The molecule has 0 amide bonds. The van der Waals surface area contributed by atoms with Crippen LogP contribution < -0.4 is 0 Å². The first kappa shape index (κ1) is 11.3. The van der Waals surface area contributed by atoms with Crippen LogP contribution in [0.2, 0.25) is 0 Å². The Labute approximate surface area is 86.8 Å². The molecule has 2 unspecified atom stereocenters. The van der Waals surface area contributed by atoms with Gasteiger partial charge < -0.3 is 5.11 Å². The lowest BCUT2D eigenvalue weighted by Gasteiger charge is -2.17. The molecule has 1 aromatic rings. The van der Waals surface area contributed by atoms with Crippen molar-refractivity contribution in [1.82, 2.24) is 0 Å². The van der Waals surface area contributed by atoms with Crippen molar-refractivity contribution in [2.45, 2.75) is 45.6 Å². The number of benzene rings is 1. The molecular weight excluding hydrogens is 172 g/mol. The van der Waals surface area contributed by atoms with Crippen molar-refractivity contribution in [3.05, 3.63) is 35.4 Å². The fourth-order valence-corrected chi connectivity index (χ4v) is 1.84. The van der Waals surface area contributed by atoms with E-state index in [1.54, 1.807) is 0 Å². The maximum Gasteiger partial charge on any atom is 0.0543 e. The lowest BCUT2D eigenvalue weighted by atomic mass is 9.91. The van der Waals surface area contributed by atoms with Crippen LogP contribution in [-0.2, 0) is 0 Å². The molecular formula is C13H20O. The molecule has 0 saturated heterocycles. The first-order valence-corrected chi connectivity index (χ1v) is 5.38. The molecule has 78 valence electrons. The van der Waals surface area contributed by atoms with Crippen LogP contribution in [0.25, 0.3) is 0 Å². The third-order valence-electron chi connectivity index (χ3n) is 2.82. The quantitative estimate of drug-likeness (QED) is 0.776. The van der Waals surface area contributed by atoms with Gasteiger partial charge in [-0.15, -0.1) is 0 Å². The Balaban J connectivity index is 2.69. The molecule has 1 heteroatoms. The molecule has 0 aromatic heterocycles. The van der Waals surface area contributed by atoms with Gasteiger partial charge in [-0.25, -0.2) is 0 Å². The highest BCUT2D eigenvalue weighted by atomic mass is 16.3. The third kappa shape index (κ3) is 2.85. The summed E-state index contributed by atoms with van der Waals surface area (Å²) in [7, 11) is 0. The molecule has 0 bridgehead atoms. The molecule has 1 nitrogen and oxygen atoms in total. The van der Waals surface area contributed by atoms with Gasteiger partial charge in [-0.05, 0) is 36.8 Å². The summed E-state index contributed by atoms with van der Waals surface area (Å²) in [6.45, 7) is 6.33. The van der Waals surface area contributed by atoms with E-state index in [9.17, 15) is 5.11 Å². The summed E-state index contributed by atoms with van der Waals surface area (Å²) in [4.78, 5) is 0. The van der Waals surface area contributed by atoms with Crippen LogP contribution in [0.1, 0.15) is 43.7 Å². The lowest BCUT2D eigenvalue weighted by Crippen LogP contribution is -2.09. The van der Waals surface area contributed by atoms with Gasteiger partial charge in [-0.3, -0.25) is 0 Å². The Hall–Kier alpha value is -0.820. The van der Waals surface area contributed by atoms with Crippen molar-refractivity contribution in [3.63, 3.8) is 0 Å². The molecule has 0 radical (unpaired) electrons. The van der Waals surface area contributed by atoms with Gasteiger partial charge >= 0.3 is 0 Å². The van der Waals surface area contributed by atoms with Crippen molar-refractivity contribution in [2.75, 3.05) is 0 Å². The molecule has 0 heterocycles. The zero-order valence-electron chi connectivity index (χ0n) is 9.33. The summed E-state index contributed by atoms with van der Waals surface area (Å²) in [6, 6.07) is 8.41. The maximum atomic E-state index is 9.58. The fraction of sp³-hybridized carbons (Fsp3) is 0.538. The highest BCUT2D eigenvalue weighted by Crippen LogP contribution is 2.24. The summed E-state index contributed by atoms with van der Waals surface area (Å²) in [6.07, 6.45) is 1.54. The highest BCUT2D eigenvalue weighted by molar-refractivity contribution is 5.28. The molecule has 0 aliphatic carbocycles. The molecule has 0 fully saturated rings. The normalized spacial score (nSPS) is 15.1. The van der Waals surface area contributed by atoms with E-state index in [2.05, 4.69) is 38.1 Å². The zero-order chi connectivity index (χ0) is 10.6. The molecule has 0 aliphatic heterocycles. The number of aliphatic hydroxyl groups is 1. The molecule has 0 aliphatic rings. The van der Waals surface area contributed by atoms with Crippen LogP contribution in [-0.4, -0.2) is 11.2 Å². The van der Waals surface area contributed by atoms with Gasteiger partial charge in [0.2, 0.25) is 0 Å². The van der Waals surface area contributed by atoms with Gasteiger partial charge in [0.25, 0.3) is 0 Å². The summed E-state index contributed by atoms with van der Waals surface area (Å²) in [5, 5.41) is 9.58. The molecule has 1 aromatic carbocycles. The average Bonchev–Trinajstić information content (AvgIpc) is 2.18. The number of aryl methyl sites for hydroxylation is 1. The van der Waals surface area contributed by atoms with E-state index < -0.39 is 0 Å². The fourth-order valence-electron chi connectivity index (χ4n) is 1.84. The second kappa shape index (κ2) is 5.16. The third-order valence-corrected chi connectivity index (χ3v) is 2.82. The smallest absolute Gasteiger partial charge is 0.0543 e.